The number of aromatic nitrogens is 1. The number of fused-ring (bicyclic) bond motifs is 1. The van der Waals surface area contributed by atoms with Crippen LogP contribution in [-0.2, 0) is 0 Å². The second kappa shape index (κ2) is 5.89. The maximum Gasteiger partial charge on any atom is 0.0580 e. The first-order valence-electron chi connectivity index (χ1n) is 6.55. The minimum Gasteiger partial charge on any atom is -0.309 e. The minimum absolute atomic E-state index is 0.180. The molecule has 0 saturated carbocycles. The smallest absolute Gasteiger partial charge is 0.0580 e. The summed E-state index contributed by atoms with van der Waals surface area (Å²) in [4.78, 5) is 4.27. The molecule has 2 aromatic carbocycles. The molecule has 0 fully saturated rings. The standard InChI is InChI=1S/C17H15IN2/c1-19-17(13-5-7-14(18)8-6-13)15-4-2-3-12-9-10-20-11-16(12)15/h2-11,17,19H,1H3. The Balaban J connectivity index is 2.14. The van der Waals surface area contributed by atoms with Crippen LogP contribution in [0, 0.1) is 3.57 Å². The molecule has 0 saturated heterocycles. The average molecular weight is 374 g/mol. The molecule has 0 bridgehead atoms. The molecule has 1 N–H and O–H groups in total. The van der Waals surface area contributed by atoms with Crippen LogP contribution in [0.25, 0.3) is 10.8 Å². The third-order valence-electron chi connectivity index (χ3n) is 3.52. The zero-order valence-electron chi connectivity index (χ0n) is 11.2. The van der Waals surface area contributed by atoms with Gasteiger partial charge in [0, 0.05) is 21.4 Å². The lowest BCUT2D eigenvalue weighted by molar-refractivity contribution is 0.696. The molecular weight excluding hydrogens is 359 g/mol. The Bertz CT molecular complexity index is 717. The van der Waals surface area contributed by atoms with Gasteiger partial charge >= 0.3 is 0 Å². The summed E-state index contributed by atoms with van der Waals surface area (Å²) in [5, 5.41) is 5.84. The molecule has 3 aromatic rings. The largest absolute Gasteiger partial charge is 0.309 e. The topological polar surface area (TPSA) is 24.9 Å². The van der Waals surface area contributed by atoms with Gasteiger partial charge in [-0.25, -0.2) is 0 Å². The van der Waals surface area contributed by atoms with E-state index in [1.54, 1.807) is 0 Å². The monoisotopic (exact) mass is 374 g/mol. The molecule has 0 aliphatic heterocycles. The third kappa shape index (κ3) is 2.55. The van der Waals surface area contributed by atoms with Crippen molar-refractivity contribution in [2.75, 3.05) is 7.05 Å². The number of rotatable bonds is 3. The number of hydrogen-bond acceptors (Lipinski definition) is 2. The predicted molar refractivity (Wildman–Crippen MR) is 91.8 cm³/mol. The van der Waals surface area contributed by atoms with Gasteiger partial charge in [0.1, 0.15) is 0 Å². The molecule has 0 radical (unpaired) electrons. The van der Waals surface area contributed by atoms with E-state index in [4.69, 9.17) is 0 Å². The summed E-state index contributed by atoms with van der Waals surface area (Å²) in [7, 11) is 2.00. The van der Waals surface area contributed by atoms with Gasteiger partial charge in [-0.05, 0) is 64.4 Å². The van der Waals surface area contributed by atoms with Crippen molar-refractivity contribution in [3.63, 3.8) is 0 Å². The van der Waals surface area contributed by atoms with Crippen molar-refractivity contribution < 1.29 is 0 Å². The quantitative estimate of drug-likeness (QED) is 0.697. The van der Waals surface area contributed by atoms with Gasteiger partial charge < -0.3 is 5.32 Å². The summed E-state index contributed by atoms with van der Waals surface area (Å²) in [5.74, 6) is 0. The number of hydrogen-bond donors (Lipinski definition) is 1. The maximum absolute atomic E-state index is 4.27. The SMILES string of the molecule is CNC(c1ccc(I)cc1)c1cccc2ccncc12. The first-order chi connectivity index (χ1) is 9.79. The number of halogens is 1. The number of benzene rings is 2. The van der Waals surface area contributed by atoms with Crippen molar-refractivity contribution in [1.82, 2.24) is 10.3 Å². The Kier molecular flexibility index (Phi) is 3.98. The molecule has 2 nitrogen and oxygen atoms in total. The highest BCUT2D eigenvalue weighted by Gasteiger charge is 2.14. The van der Waals surface area contributed by atoms with Crippen molar-refractivity contribution in [2.45, 2.75) is 6.04 Å². The van der Waals surface area contributed by atoms with Crippen molar-refractivity contribution in [2.24, 2.45) is 0 Å². The summed E-state index contributed by atoms with van der Waals surface area (Å²) in [6, 6.07) is 17.3. The van der Waals surface area contributed by atoms with Crippen molar-refractivity contribution in [1.29, 1.82) is 0 Å². The van der Waals surface area contributed by atoms with Crippen LogP contribution in [0.5, 0.6) is 0 Å². The second-order valence-corrected chi connectivity index (χ2v) is 5.96. The van der Waals surface area contributed by atoms with Gasteiger partial charge in [0.2, 0.25) is 0 Å². The Morgan fingerprint density at radius 3 is 2.60 bits per heavy atom. The van der Waals surface area contributed by atoms with Gasteiger partial charge in [0.15, 0.2) is 0 Å². The van der Waals surface area contributed by atoms with Crippen LogP contribution in [-0.4, -0.2) is 12.0 Å². The molecule has 3 rings (SSSR count). The molecule has 1 heterocycles. The van der Waals surface area contributed by atoms with Crippen LogP contribution in [0.2, 0.25) is 0 Å². The molecule has 3 heteroatoms. The van der Waals surface area contributed by atoms with E-state index in [-0.39, 0.29) is 6.04 Å². The van der Waals surface area contributed by atoms with Crippen LogP contribution in [0.3, 0.4) is 0 Å². The fourth-order valence-electron chi connectivity index (χ4n) is 2.55. The van der Waals surface area contributed by atoms with E-state index in [1.165, 1.54) is 25.5 Å². The summed E-state index contributed by atoms with van der Waals surface area (Å²) in [5.41, 5.74) is 2.53. The highest BCUT2D eigenvalue weighted by molar-refractivity contribution is 14.1. The maximum atomic E-state index is 4.27. The molecule has 0 amide bonds. The van der Waals surface area contributed by atoms with E-state index in [1.807, 2.05) is 19.4 Å². The van der Waals surface area contributed by atoms with E-state index in [2.05, 4.69) is 81.4 Å². The Morgan fingerprint density at radius 1 is 1.05 bits per heavy atom. The molecule has 1 atom stereocenters. The summed E-state index contributed by atoms with van der Waals surface area (Å²) in [6.07, 6.45) is 3.78. The summed E-state index contributed by atoms with van der Waals surface area (Å²) >= 11 is 2.33. The lowest BCUT2D eigenvalue weighted by atomic mass is 9.95. The first-order valence-corrected chi connectivity index (χ1v) is 7.63. The van der Waals surface area contributed by atoms with Crippen molar-refractivity contribution in [3.8, 4) is 0 Å². The number of nitrogens with zero attached hydrogens (tertiary/aromatic N) is 1. The van der Waals surface area contributed by atoms with Gasteiger partial charge in [0.05, 0.1) is 6.04 Å². The van der Waals surface area contributed by atoms with E-state index in [0.29, 0.717) is 0 Å². The summed E-state index contributed by atoms with van der Waals surface area (Å²) in [6.45, 7) is 0. The van der Waals surface area contributed by atoms with Crippen LogP contribution in [0.1, 0.15) is 17.2 Å². The van der Waals surface area contributed by atoms with E-state index in [9.17, 15) is 0 Å². The van der Waals surface area contributed by atoms with Gasteiger partial charge in [-0.15, -0.1) is 0 Å². The van der Waals surface area contributed by atoms with E-state index >= 15 is 0 Å². The number of nitrogens with one attached hydrogen (secondary N) is 1. The third-order valence-corrected chi connectivity index (χ3v) is 4.24. The van der Waals surface area contributed by atoms with Gasteiger partial charge in [-0.2, -0.15) is 0 Å². The molecule has 0 spiro atoms. The Morgan fingerprint density at radius 2 is 1.85 bits per heavy atom. The highest BCUT2D eigenvalue weighted by Crippen LogP contribution is 2.28. The first kappa shape index (κ1) is 13.5. The lowest BCUT2D eigenvalue weighted by Crippen LogP contribution is -2.18. The van der Waals surface area contributed by atoms with E-state index < -0.39 is 0 Å². The van der Waals surface area contributed by atoms with E-state index in [0.717, 1.165) is 0 Å². The normalized spacial score (nSPS) is 12.5. The zero-order chi connectivity index (χ0) is 13.9. The fraction of sp³-hybridized carbons (Fsp3) is 0.118. The van der Waals surface area contributed by atoms with Crippen LogP contribution in [0.4, 0.5) is 0 Å². The van der Waals surface area contributed by atoms with Crippen LogP contribution in [0.15, 0.2) is 60.9 Å². The van der Waals surface area contributed by atoms with Gasteiger partial charge in [0.25, 0.3) is 0 Å². The number of pyridine rings is 1. The molecule has 0 aliphatic carbocycles. The molecule has 100 valence electrons. The molecule has 1 aromatic heterocycles. The van der Waals surface area contributed by atoms with Crippen LogP contribution < -0.4 is 5.32 Å². The average Bonchev–Trinajstić information content (AvgIpc) is 2.50. The van der Waals surface area contributed by atoms with Crippen LogP contribution >= 0.6 is 22.6 Å². The van der Waals surface area contributed by atoms with Gasteiger partial charge in [-0.1, -0.05) is 30.3 Å². The molecule has 0 aliphatic rings. The fourth-order valence-corrected chi connectivity index (χ4v) is 2.91. The molecule has 20 heavy (non-hydrogen) atoms. The predicted octanol–water partition coefficient (Wildman–Crippen LogP) is 4.15. The Hall–Kier alpha value is -1.46. The van der Waals surface area contributed by atoms with Gasteiger partial charge in [-0.3, -0.25) is 4.98 Å². The van der Waals surface area contributed by atoms with Crippen molar-refractivity contribution in [3.05, 3.63) is 75.6 Å². The van der Waals surface area contributed by atoms with Crippen molar-refractivity contribution >= 4 is 33.4 Å². The lowest BCUT2D eigenvalue weighted by Gasteiger charge is -2.19. The Labute approximate surface area is 132 Å². The molecular formula is C17H15IN2. The minimum atomic E-state index is 0.180. The zero-order valence-corrected chi connectivity index (χ0v) is 13.3. The molecule has 1 unspecified atom stereocenters. The highest BCUT2D eigenvalue weighted by atomic mass is 127. The second-order valence-electron chi connectivity index (χ2n) is 4.72. The summed E-state index contributed by atoms with van der Waals surface area (Å²) < 4.78 is 1.25.